The number of likely N-dealkylation sites (N-methyl/N-ethyl adjacent to an activating group) is 1. The van der Waals surface area contributed by atoms with Crippen LogP contribution in [-0.2, 0) is 9.59 Å². The third-order valence-electron chi connectivity index (χ3n) is 1.01. The summed E-state index contributed by atoms with van der Waals surface area (Å²) in [5.41, 5.74) is 0. The second-order valence-electron chi connectivity index (χ2n) is 1.86. The molecule has 0 aliphatic rings. The number of carbonyl (C=O) groups is 2. The Morgan fingerprint density at radius 3 is 2.30 bits per heavy atom. The van der Waals surface area contributed by atoms with E-state index in [-0.39, 0.29) is 12.5 Å². The Hall–Kier alpha value is -1.26. The van der Waals surface area contributed by atoms with Crippen LogP contribution >= 0.6 is 0 Å². The molecule has 10 heavy (non-hydrogen) atoms. The van der Waals surface area contributed by atoms with Gasteiger partial charge in [0.15, 0.2) is 0 Å². The Kier molecular flexibility index (Phi) is 3.24. The zero-order valence-electron chi connectivity index (χ0n) is 5.83. The summed E-state index contributed by atoms with van der Waals surface area (Å²) in [6.07, 6.45) is 0. The van der Waals surface area contributed by atoms with Gasteiger partial charge in [-0.2, -0.15) is 0 Å². The van der Waals surface area contributed by atoms with Crippen molar-refractivity contribution in [1.82, 2.24) is 4.90 Å². The summed E-state index contributed by atoms with van der Waals surface area (Å²) in [4.78, 5) is 31.3. The molecule has 5 nitrogen and oxygen atoms in total. The van der Waals surface area contributed by atoms with Gasteiger partial charge in [0.1, 0.15) is 6.54 Å². The molecule has 0 atom stereocenters. The number of rotatable bonds is 2. The van der Waals surface area contributed by atoms with Crippen molar-refractivity contribution < 1.29 is 9.59 Å². The monoisotopic (exact) mass is 144 g/mol. The van der Waals surface area contributed by atoms with Gasteiger partial charge in [0.25, 0.3) is 0 Å². The van der Waals surface area contributed by atoms with E-state index in [1.807, 2.05) is 0 Å². The number of amides is 2. The minimum atomic E-state index is -0.835. The maximum atomic E-state index is 10.4. The van der Waals surface area contributed by atoms with Crippen LogP contribution in [0.15, 0.2) is 5.18 Å². The van der Waals surface area contributed by atoms with Gasteiger partial charge >= 0.3 is 5.91 Å². The van der Waals surface area contributed by atoms with E-state index in [0.717, 1.165) is 4.90 Å². The maximum Gasteiger partial charge on any atom is 0.305 e. The van der Waals surface area contributed by atoms with Crippen LogP contribution in [-0.4, -0.2) is 30.3 Å². The molecular formula is C5H8N2O3. The van der Waals surface area contributed by atoms with Crippen LogP contribution in [0.5, 0.6) is 0 Å². The summed E-state index contributed by atoms with van der Waals surface area (Å²) < 4.78 is 0. The molecule has 0 aromatic heterocycles. The highest BCUT2D eigenvalue weighted by Gasteiger charge is 2.07. The van der Waals surface area contributed by atoms with E-state index in [2.05, 4.69) is 5.18 Å². The lowest BCUT2D eigenvalue weighted by atomic mass is 10.5. The van der Waals surface area contributed by atoms with Crippen molar-refractivity contribution in [3.8, 4) is 0 Å². The summed E-state index contributed by atoms with van der Waals surface area (Å²) in [5.74, 6) is -1.10. The Labute approximate surface area is 58.0 Å². The first-order chi connectivity index (χ1) is 4.57. The zero-order valence-corrected chi connectivity index (χ0v) is 5.83. The number of carbonyl (C=O) groups excluding carboxylic acids is 2. The van der Waals surface area contributed by atoms with Gasteiger partial charge in [0.05, 0.1) is 0 Å². The molecule has 0 bridgehead atoms. The molecule has 0 aliphatic heterocycles. The highest BCUT2D eigenvalue weighted by atomic mass is 16.3. The summed E-state index contributed by atoms with van der Waals surface area (Å²) in [6.45, 7) is 1.07. The second kappa shape index (κ2) is 3.71. The summed E-state index contributed by atoms with van der Waals surface area (Å²) in [7, 11) is 1.42. The summed E-state index contributed by atoms with van der Waals surface area (Å²) in [5, 5.41) is 2.13. The molecule has 2 amide bonds. The predicted octanol–water partition coefficient (Wildman–Crippen LogP) is -0.242. The lowest BCUT2D eigenvalue weighted by Gasteiger charge is -2.09. The molecule has 0 spiro atoms. The van der Waals surface area contributed by atoms with Gasteiger partial charge < -0.3 is 4.90 Å². The average molecular weight is 144 g/mol. The van der Waals surface area contributed by atoms with Crippen molar-refractivity contribution in [3.63, 3.8) is 0 Å². The molecule has 0 saturated carbocycles. The van der Waals surface area contributed by atoms with E-state index in [1.165, 1.54) is 14.0 Å². The van der Waals surface area contributed by atoms with E-state index in [9.17, 15) is 14.5 Å². The van der Waals surface area contributed by atoms with Crippen molar-refractivity contribution in [1.29, 1.82) is 0 Å². The van der Waals surface area contributed by atoms with Crippen molar-refractivity contribution in [2.45, 2.75) is 6.92 Å². The fourth-order valence-corrected chi connectivity index (χ4v) is 0.343. The first-order valence-corrected chi connectivity index (χ1v) is 2.66. The number of nitroso groups, excluding NO2 is 1. The van der Waals surface area contributed by atoms with E-state index in [4.69, 9.17) is 0 Å². The number of nitrogens with zero attached hydrogens (tertiary/aromatic N) is 2. The molecule has 56 valence electrons. The normalized spacial score (nSPS) is 8.60. The highest BCUT2D eigenvalue weighted by Crippen LogP contribution is 1.84. The van der Waals surface area contributed by atoms with Crippen molar-refractivity contribution in [2.75, 3.05) is 13.6 Å². The SMILES string of the molecule is CC(=O)N(C)CC(=O)N=O. The molecule has 0 unspecified atom stereocenters. The quantitative estimate of drug-likeness (QED) is 0.502. The van der Waals surface area contributed by atoms with E-state index in [0.29, 0.717) is 0 Å². The standard InChI is InChI=1S/C5H8N2O3/c1-4(8)7(2)3-5(9)6-10/h3H2,1-2H3. The summed E-state index contributed by atoms with van der Waals surface area (Å²) in [6, 6.07) is 0. The average Bonchev–Trinajstić information content (AvgIpc) is 1.87. The minimum absolute atomic E-state index is 0.237. The minimum Gasteiger partial charge on any atom is -0.336 e. The first kappa shape index (κ1) is 8.74. The van der Waals surface area contributed by atoms with E-state index >= 15 is 0 Å². The van der Waals surface area contributed by atoms with Crippen molar-refractivity contribution in [2.24, 2.45) is 5.18 Å². The number of hydrogen-bond donors (Lipinski definition) is 0. The fourth-order valence-electron chi connectivity index (χ4n) is 0.343. The Morgan fingerprint density at radius 2 is 2.00 bits per heavy atom. The third-order valence-corrected chi connectivity index (χ3v) is 1.01. The molecule has 0 aliphatic carbocycles. The van der Waals surface area contributed by atoms with Gasteiger partial charge in [-0.15, -0.1) is 4.91 Å². The van der Waals surface area contributed by atoms with E-state index < -0.39 is 5.91 Å². The molecule has 0 fully saturated rings. The Balaban J connectivity index is 3.79. The van der Waals surface area contributed by atoms with Crippen LogP contribution in [0.1, 0.15) is 6.92 Å². The van der Waals surface area contributed by atoms with E-state index in [1.54, 1.807) is 0 Å². The smallest absolute Gasteiger partial charge is 0.305 e. The van der Waals surface area contributed by atoms with Gasteiger partial charge in [0.2, 0.25) is 5.91 Å². The second-order valence-corrected chi connectivity index (χ2v) is 1.86. The largest absolute Gasteiger partial charge is 0.336 e. The van der Waals surface area contributed by atoms with Crippen LogP contribution in [0, 0.1) is 4.91 Å². The van der Waals surface area contributed by atoms with Crippen LogP contribution in [0.4, 0.5) is 0 Å². The van der Waals surface area contributed by atoms with Gasteiger partial charge in [-0.05, 0) is 0 Å². The van der Waals surface area contributed by atoms with Gasteiger partial charge in [0, 0.05) is 19.1 Å². The predicted molar refractivity (Wildman–Crippen MR) is 34.1 cm³/mol. The van der Waals surface area contributed by atoms with Crippen LogP contribution < -0.4 is 0 Å². The van der Waals surface area contributed by atoms with Gasteiger partial charge in [-0.3, -0.25) is 9.59 Å². The lowest BCUT2D eigenvalue weighted by molar-refractivity contribution is -0.131. The molecular weight excluding hydrogens is 136 g/mol. The number of hydrogen-bond acceptors (Lipinski definition) is 3. The maximum absolute atomic E-state index is 10.4. The fraction of sp³-hybridized carbons (Fsp3) is 0.600. The van der Waals surface area contributed by atoms with Crippen LogP contribution in [0.2, 0.25) is 0 Å². The lowest BCUT2D eigenvalue weighted by Crippen LogP contribution is -2.28. The van der Waals surface area contributed by atoms with Crippen LogP contribution in [0.25, 0.3) is 0 Å². The van der Waals surface area contributed by atoms with Crippen LogP contribution in [0.3, 0.4) is 0 Å². The zero-order chi connectivity index (χ0) is 8.15. The molecule has 0 rings (SSSR count). The Bertz CT molecular complexity index is 166. The molecule has 0 aromatic rings. The Morgan fingerprint density at radius 1 is 1.50 bits per heavy atom. The molecule has 0 heterocycles. The van der Waals surface area contributed by atoms with Gasteiger partial charge in [-0.25, -0.2) is 0 Å². The molecule has 0 aromatic carbocycles. The highest BCUT2D eigenvalue weighted by molar-refractivity contribution is 5.83. The molecule has 0 saturated heterocycles. The first-order valence-electron chi connectivity index (χ1n) is 2.66. The molecule has 0 radical (unpaired) electrons. The topological polar surface area (TPSA) is 66.8 Å². The molecule has 5 heteroatoms. The van der Waals surface area contributed by atoms with Gasteiger partial charge in [-0.1, -0.05) is 0 Å². The van der Waals surface area contributed by atoms with Crippen molar-refractivity contribution in [3.05, 3.63) is 4.91 Å². The third kappa shape index (κ3) is 2.91. The van der Waals surface area contributed by atoms with Crippen molar-refractivity contribution >= 4 is 11.8 Å². The summed E-state index contributed by atoms with van der Waals surface area (Å²) >= 11 is 0. The molecule has 0 N–H and O–H groups in total.